The number of thiazole rings is 1. The summed E-state index contributed by atoms with van der Waals surface area (Å²) >= 11 is 1.32. The van der Waals surface area contributed by atoms with Crippen LogP contribution in [-0.4, -0.2) is 33.4 Å². The van der Waals surface area contributed by atoms with Crippen LogP contribution in [0.1, 0.15) is 24.1 Å². The molecule has 0 saturated carbocycles. The second kappa shape index (κ2) is 8.48. The van der Waals surface area contributed by atoms with Gasteiger partial charge < -0.3 is 9.84 Å². The number of amides is 1. The summed E-state index contributed by atoms with van der Waals surface area (Å²) in [6.07, 6.45) is 3.18. The maximum absolute atomic E-state index is 13.2. The third kappa shape index (κ3) is 3.64. The summed E-state index contributed by atoms with van der Waals surface area (Å²) in [5.41, 5.74) is 1.81. The highest BCUT2D eigenvalue weighted by Crippen LogP contribution is 2.44. The number of pyridine rings is 1. The minimum absolute atomic E-state index is 0.00890. The van der Waals surface area contributed by atoms with Crippen LogP contribution in [0.5, 0.6) is 5.75 Å². The number of nitrogens with zero attached hydrogens (tertiary/aromatic N) is 3. The van der Waals surface area contributed by atoms with Gasteiger partial charge in [0.2, 0.25) is 0 Å². The van der Waals surface area contributed by atoms with E-state index in [2.05, 4.69) is 9.97 Å². The lowest BCUT2D eigenvalue weighted by molar-refractivity contribution is -0.132. The van der Waals surface area contributed by atoms with Crippen molar-refractivity contribution < 1.29 is 19.4 Å². The highest BCUT2D eigenvalue weighted by Gasteiger charge is 2.48. The van der Waals surface area contributed by atoms with E-state index in [1.165, 1.54) is 16.2 Å². The molecule has 1 fully saturated rings. The first-order chi connectivity index (χ1) is 16.1. The molecule has 0 bridgehead atoms. The zero-order valence-corrected chi connectivity index (χ0v) is 18.5. The van der Waals surface area contributed by atoms with Gasteiger partial charge in [-0.2, -0.15) is 0 Å². The van der Waals surface area contributed by atoms with Gasteiger partial charge in [0.1, 0.15) is 11.5 Å². The predicted octanol–water partition coefficient (Wildman–Crippen LogP) is 4.72. The van der Waals surface area contributed by atoms with Crippen LogP contribution in [0.25, 0.3) is 16.0 Å². The minimum Gasteiger partial charge on any atom is -0.507 e. The Morgan fingerprint density at radius 3 is 2.48 bits per heavy atom. The molecule has 164 valence electrons. The van der Waals surface area contributed by atoms with Gasteiger partial charge in [-0.05, 0) is 61.0 Å². The fourth-order valence-electron chi connectivity index (χ4n) is 3.89. The summed E-state index contributed by atoms with van der Waals surface area (Å²) in [6.45, 7) is 2.40. The lowest BCUT2D eigenvalue weighted by atomic mass is 9.96. The smallest absolute Gasteiger partial charge is 0.301 e. The van der Waals surface area contributed by atoms with Crippen LogP contribution in [0, 0.1) is 0 Å². The Kier molecular flexibility index (Phi) is 5.35. The highest BCUT2D eigenvalue weighted by atomic mass is 32.1. The Morgan fingerprint density at radius 2 is 1.79 bits per heavy atom. The van der Waals surface area contributed by atoms with E-state index in [1.807, 2.05) is 31.2 Å². The molecule has 1 N–H and O–H groups in total. The van der Waals surface area contributed by atoms with Crippen LogP contribution in [-0.2, 0) is 9.59 Å². The number of aromatic nitrogens is 2. The van der Waals surface area contributed by atoms with Crippen molar-refractivity contribution >= 4 is 44.1 Å². The van der Waals surface area contributed by atoms with Crippen molar-refractivity contribution in [2.75, 3.05) is 11.5 Å². The van der Waals surface area contributed by atoms with Gasteiger partial charge in [-0.3, -0.25) is 19.5 Å². The van der Waals surface area contributed by atoms with E-state index in [4.69, 9.17) is 4.74 Å². The van der Waals surface area contributed by atoms with Crippen molar-refractivity contribution in [3.8, 4) is 5.75 Å². The summed E-state index contributed by atoms with van der Waals surface area (Å²) in [5.74, 6) is -1.10. The molecule has 5 rings (SSSR count). The van der Waals surface area contributed by atoms with Gasteiger partial charge in [0.05, 0.1) is 28.4 Å². The van der Waals surface area contributed by atoms with Crippen LogP contribution in [0.15, 0.2) is 78.6 Å². The standard InChI is InChI=1S/C25H19N3O4S/c1-2-32-17-9-7-16(8-10-17)22(29)20-21(15-11-13-26-14-12-15)28(24(31)23(20)30)25-27-18-5-3-4-6-19(18)33-25/h3-14,21,29H,2H2,1H3/b22-20+. The zero-order chi connectivity index (χ0) is 22.9. The van der Waals surface area contributed by atoms with Crippen LogP contribution < -0.4 is 9.64 Å². The van der Waals surface area contributed by atoms with Crippen LogP contribution in [0.4, 0.5) is 5.13 Å². The maximum atomic E-state index is 13.2. The van der Waals surface area contributed by atoms with Crippen molar-refractivity contribution in [1.29, 1.82) is 0 Å². The minimum atomic E-state index is -0.833. The molecule has 1 saturated heterocycles. The second-order valence-electron chi connectivity index (χ2n) is 7.37. The molecule has 8 heteroatoms. The molecule has 1 unspecified atom stereocenters. The number of ether oxygens (including phenoxy) is 1. The number of fused-ring (bicyclic) bond motifs is 1. The first-order valence-corrected chi connectivity index (χ1v) is 11.2. The molecule has 0 radical (unpaired) electrons. The van der Waals surface area contributed by atoms with Gasteiger partial charge in [-0.15, -0.1) is 0 Å². The van der Waals surface area contributed by atoms with E-state index in [0.29, 0.717) is 28.6 Å². The van der Waals surface area contributed by atoms with E-state index < -0.39 is 17.7 Å². The molecule has 1 aliphatic rings. The third-order valence-electron chi connectivity index (χ3n) is 5.39. The number of ketones is 1. The highest BCUT2D eigenvalue weighted by molar-refractivity contribution is 7.22. The number of anilines is 1. The monoisotopic (exact) mass is 457 g/mol. The quantitative estimate of drug-likeness (QED) is 0.265. The van der Waals surface area contributed by atoms with E-state index in [-0.39, 0.29) is 11.3 Å². The Morgan fingerprint density at radius 1 is 1.06 bits per heavy atom. The van der Waals surface area contributed by atoms with Gasteiger partial charge in [0.25, 0.3) is 5.78 Å². The second-order valence-corrected chi connectivity index (χ2v) is 8.38. The number of carbonyl (C=O) groups is 2. The molecular weight excluding hydrogens is 438 g/mol. The lowest BCUT2D eigenvalue weighted by Gasteiger charge is -2.22. The summed E-state index contributed by atoms with van der Waals surface area (Å²) in [7, 11) is 0. The summed E-state index contributed by atoms with van der Waals surface area (Å²) in [5, 5.41) is 11.6. The number of hydrogen-bond donors (Lipinski definition) is 1. The number of aliphatic hydroxyl groups excluding tert-OH is 1. The summed E-state index contributed by atoms with van der Waals surface area (Å²) < 4.78 is 6.36. The molecule has 4 aromatic rings. The number of hydrogen-bond acceptors (Lipinski definition) is 7. The maximum Gasteiger partial charge on any atom is 0.301 e. The number of Topliss-reactive ketones (excluding diaryl/α,β-unsaturated/α-hetero) is 1. The Bertz CT molecular complexity index is 1350. The Hall–Kier alpha value is -4.04. The van der Waals surface area contributed by atoms with Crippen molar-refractivity contribution in [2.45, 2.75) is 13.0 Å². The van der Waals surface area contributed by atoms with E-state index in [0.717, 1.165) is 10.2 Å². The number of rotatable bonds is 5. The van der Waals surface area contributed by atoms with Crippen LogP contribution >= 0.6 is 11.3 Å². The molecule has 2 aromatic heterocycles. The zero-order valence-electron chi connectivity index (χ0n) is 17.6. The Labute approximate surface area is 193 Å². The van der Waals surface area contributed by atoms with E-state index in [9.17, 15) is 14.7 Å². The molecule has 0 spiro atoms. The van der Waals surface area contributed by atoms with Gasteiger partial charge in [0.15, 0.2) is 5.13 Å². The molecule has 1 amide bonds. The molecule has 3 heterocycles. The fourth-order valence-corrected chi connectivity index (χ4v) is 4.88. The van der Waals surface area contributed by atoms with Gasteiger partial charge in [-0.25, -0.2) is 4.98 Å². The van der Waals surface area contributed by atoms with Crippen molar-refractivity contribution in [3.05, 3.63) is 89.8 Å². The van der Waals surface area contributed by atoms with Crippen LogP contribution in [0.2, 0.25) is 0 Å². The fraction of sp³-hybridized carbons (Fsp3) is 0.120. The van der Waals surface area contributed by atoms with Crippen molar-refractivity contribution in [1.82, 2.24) is 9.97 Å². The number of benzene rings is 2. The topological polar surface area (TPSA) is 92.6 Å². The molecule has 2 aromatic carbocycles. The number of aliphatic hydroxyl groups is 1. The SMILES string of the molecule is CCOc1ccc(/C(O)=C2\C(=O)C(=O)N(c3nc4ccccc4s3)C2c2ccncc2)cc1. The third-order valence-corrected chi connectivity index (χ3v) is 6.43. The largest absolute Gasteiger partial charge is 0.507 e. The van der Waals surface area contributed by atoms with E-state index in [1.54, 1.807) is 48.8 Å². The summed E-state index contributed by atoms with van der Waals surface area (Å²) in [4.78, 5) is 36.4. The normalized spacial score (nSPS) is 17.6. The van der Waals surface area contributed by atoms with Gasteiger partial charge >= 0.3 is 5.91 Å². The molecule has 7 nitrogen and oxygen atoms in total. The van der Waals surface area contributed by atoms with E-state index >= 15 is 0 Å². The lowest BCUT2D eigenvalue weighted by Crippen LogP contribution is -2.29. The average Bonchev–Trinajstić information content (AvgIpc) is 3.38. The predicted molar refractivity (Wildman–Crippen MR) is 126 cm³/mol. The van der Waals surface area contributed by atoms with Crippen LogP contribution in [0.3, 0.4) is 0 Å². The Balaban J connectivity index is 1.67. The van der Waals surface area contributed by atoms with Gasteiger partial charge in [0, 0.05) is 18.0 Å². The van der Waals surface area contributed by atoms with Crippen molar-refractivity contribution in [3.63, 3.8) is 0 Å². The molecule has 33 heavy (non-hydrogen) atoms. The first kappa shape index (κ1) is 20.8. The summed E-state index contributed by atoms with van der Waals surface area (Å²) in [6, 6.07) is 16.9. The first-order valence-electron chi connectivity index (χ1n) is 10.4. The van der Waals surface area contributed by atoms with Gasteiger partial charge in [-0.1, -0.05) is 23.5 Å². The number of carbonyl (C=O) groups excluding carboxylic acids is 2. The van der Waals surface area contributed by atoms with Crippen molar-refractivity contribution in [2.24, 2.45) is 0 Å². The molecule has 1 aliphatic heterocycles. The molecular formula is C25H19N3O4S. The average molecular weight is 458 g/mol. The molecule has 0 aliphatic carbocycles. The molecule has 1 atom stereocenters. The number of para-hydroxylation sites is 1.